The van der Waals surface area contributed by atoms with Gasteiger partial charge in [-0.3, -0.25) is 14.9 Å². The Morgan fingerprint density at radius 2 is 2.06 bits per heavy atom. The van der Waals surface area contributed by atoms with E-state index in [-0.39, 0.29) is 35.8 Å². The highest BCUT2D eigenvalue weighted by Crippen LogP contribution is 2.30. The van der Waals surface area contributed by atoms with E-state index < -0.39 is 17.6 Å². The van der Waals surface area contributed by atoms with Crippen LogP contribution in [0, 0.1) is 11.7 Å². The molecule has 11 heteroatoms. The van der Waals surface area contributed by atoms with E-state index in [4.69, 9.17) is 0 Å². The lowest BCUT2D eigenvalue weighted by molar-refractivity contribution is -0.137. The standard InChI is InChI=1S/C22H22F4N6O/c1-13-3-2-8-32(18(13)12-28-19-5-4-14(10-27-19)22(24,25)26)21(33)16-9-15(23)11-29-20(16)17-6-7-30-31-17/h4-7,9-11,13,18H,2-3,8,12H2,1H3,(H,27,28)(H,30,31). The molecule has 1 saturated heterocycles. The Morgan fingerprint density at radius 3 is 2.73 bits per heavy atom. The third-order valence-corrected chi connectivity index (χ3v) is 5.80. The SMILES string of the molecule is CC1CCCN(C(=O)c2cc(F)cnc2-c2ccn[nH]2)C1CNc1ccc(C(F)(F)F)cn1. The van der Waals surface area contributed by atoms with Crippen LogP contribution in [0.2, 0.25) is 0 Å². The molecule has 0 saturated carbocycles. The lowest BCUT2D eigenvalue weighted by Crippen LogP contribution is -2.51. The summed E-state index contributed by atoms with van der Waals surface area (Å²) in [7, 11) is 0. The van der Waals surface area contributed by atoms with Crippen LogP contribution in [0.15, 0.2) is 42.9 Å². The molecule has 174 valence electrons. The molecule has 2 N–H and O–H groups in total. The Bertz CT molecular complexity index is 1100. The van der Waals surface area contributed by atoms with Crippen molar-refractivity contribution in [3.8, 4) is 11.4 Å². The minimum atomic E-state index is -4.46. The van der Waals surface area contributed by atoms with Crippen LogP contribution >= 0.6 is 0 Å². The van der Waals surface area contributed by atoms with Crippen LogP contribution in [0.3, 0.4) is 0 Å². The number of anilines is 1. The number of carbonyl (C=O) groups is 1. The summed E-state index contributed by atoms with van der Waals surface area (Å²) in [4.78, 5) is 23.1. The van der Waals surface area contributed by atoms with Gasteiger partial charge in [-0.2, -0.15) is 18.3 Å². The van der Waals surface area contributed by atoms with E-state index in [0.29, 0.717) is 17.9 Å². The number of nitrogens with zero attached hydrogens (tertiary/aromatic N) is 4. The number of pyridine rings is 2. The van der Waals surface area contributed by atoms with Crippen molar-refractivity contribution in [1.29, 1.82) is 0 Å². The maximum atomic E-state index is 14.0. The van der Waals surface area contributed by atoms with Crippen molar-refractivity contribution >= 4 is 11.7 Å². The summed E-state index contributed by atoms with van der Waals surface area (Å²) < 4.78 is 52.3. The number of rotatable bonds is 5. The minimum absolute atomic E-state index is 0.113. The first-order valence-corrected chi connectivity index (χ1v) is 10.5. The Hall–Kier alpha value is -3.50. The number of likely N-dealkylation sites (tertiary alicyclic amines) is 1. The van der Waals surface area contributed by atoms with Gasteiger partial charge in [-0.25, -0.2) is 9.37 Å². The topological polar surface area (TPSA) is 86.8 Å². The first-order valence-electron chi connectivity index (χ1n) is 10.5. The molecule has 0 bridgehead atoms. The van der Waals surface area contributed by atoms with E-state index in [1.807, 2.05) is 6.92 Å². The summed E-state index contributed by atoms with van der Waals surface area (Å²) in [5, 5.41) is 9.66. The second-order valence-corrected chi connectivity index (χ2v) is 8.02. The van der Waals surface area contributed by atoms with Crippen molar-refractivity contribution < 1.29 is 22.4 Å². The lowest BCUT2D eigenvalue weighted by Gasteiger charge is -2.40. The van der Waals surface area contributed by atoms with E-state index in [0.717, 1.165) is 37.4 Å². The predicted octanol–water partition coefficient (Wildman–Crippen LogP) is 4.38. The van der Waals surface area contributed by atoms with Crippen molar-refractivity contribution in [2.45, 2.75) is 32.0 Å². The number of aromatic amines is 1. The van der Waals surface area contributed by atoms with Gasteiger partial charge in [-0.05, 0) is 43.0 Å². The van der Waals surface area contributed by atoms with Crippen molar-refractivity contribution in [2.75, 3.05) is 18.4 Å². The number of nitrogens with one attached hydrogen (secondary N) is 2. The molecule has 0 aromatic carbocycles. The molecule has 2 unspecified atom stereocenters. The zero-order valence-corrected chi connectivity index (χ0v) is 17.7. The van der Waals surface area contributed by atoms with Gasteiger partial charge in [-0.1, -0.05) is 6.92 Å². The normalized spacial score (nSPS) is 18.9. The summed E-state index contributed by atoms with van der Waals surface area (Å²) in [6.45, 7) is 2.76. The molecule has 0 radical (unpaired) electrons. The van der Waals surface area contributed by atoms with Crippen molar-refractivity contribution in [2.24, 2.45) is 5.92 Å². The molecule has 7 nitrogen and oxygen atoms in total. The van der Waals surface area contributed by atoms with Gasteiger partial charge in [0, 0.05) is 25.5 Å². The third-order valence-electron chi connectivity index (χ3n) is 5.80. The van der Waals surface area contributed by atoms with Gasteiger partial charge in [-0.15, -0.1) is 0 Å². The molecular weight excluding hydrogens is 440 g/mol. The molecular formula is C22H22F4N6O. The van der Waals surface area contributed by atoms with E-state index >= 15 is 0 Å². The van der Waals surface area contributed by atoms with Gasteiger partial charge in [0.15, 0.2) is 0 Å². The van der Waals surface area contributed by atoms with Crippen LogP contribution in [-0.4, -0.2) is 50.1 Å². The van der Waals surface area contributed by atoms with Crippen molar-refractivity contribution in [3.63, 3.8) is 0 Å². The molecule has 0 spiro atoms. The Labute approximate surface area is 187 Å². The third kappa shape index (κ3) is 4.96. The number of H-pyrrole nitrogens is 1. The second kappa shape index (κ2) is 9.16. The number of hydrogen-bond acceptors (Lipinski definition) is 5. The van der Waals surface area contributed by atoms with Gasteiger partial charge in [0.2, 0.25) is 0 Å². The van der Waals surface area contributed by atoms with Gasteiger partial charge >= 0.3 is 6.18 Å². The van der Waals surface area contributed by atoms with Gasteiger partial charge in [0.05, 0.1) is 29.1 Å². The average molecular weight is 462 g/mol. The quantitative estimate of drug-likeness (QED) is 0.550. The smallest absolute Gasteiger partial charge is 0.368 e. The zero-order valence-electron chi connectivity index (χ0n) is 17.7. The van der Waals surface area contributed by atoms with E-state index in [2.05, 4.69) is 25.5 Å². The van der Waals surface area contributed by atoms with Crippen molar-refractivity contribution in [1.82, 2.24) is 25.1 Å². The van der Waals surface area contributed by atoms with Gasteiger partial charge in [0.25, 0.3) is 5.91 Å². The van der Waals surface area contributed by atoms with E-state index in [1.165, 1.54) is 12.3 Å². The van der Waals surface area contributed by atoms with Crippen LogP contribution in [0.5, 0.6) is 0 Å². The maximum Gasteiger partial charge on any atom is 0.417 e. The molecule has 3 aromatic rings. The van der Waals surface area contributed by atoms with E-state index in [9.17, 15) is 22.4 Å². The summed E-state index contributed by atoms with van der Waals surface area (Å²) >= 11 is 0. The molecule has 1 amide bonds. The molecule has 4 heterocycles. The number of alkyl halides is 3. The highest BCUT2D eigenvalue weighted by atomic mass is 19.4. The molecule has 4 rings (SSSR count). The number of aromatic nitrogens is 4. The van der Waals surface area contributed by atoms with Crippen LogP contribution in [0.4, 0.5) is 23.4 Å². The molecule has 2 atom stereocenters. The number of halogens is 4. The van der Waals surface area contributed by atoms with Crippen LogP contribution < -0.4 is 5.32 Å². The summed E-state index contributed by atoms with van der Waals surface area (Å²) in [6, 6.07) is 4.75. The fourth-order valence-electron chi connectivity index (χ4n) is 4.05. The Morgan fingerprint density at radius 1 is 1.24 bits per heavy atom. The van der Waals surface area contributed by atoms with Crippen LogP contribution in [0.1, 0.15) is 35.7 Å². The summed E-state index contributed by atoms with van der Waals surface area (Å²) in [5.74, 6) is -0.610. The number of amides is 1. The minimum Gasteiger partial charge on any atom is -0.368 e. The second-order valence-electron chi connectivity index (χ2n) is 8.02. The Kier molecular flexibility index (Phi) is 6.30. The molecule has 1 aliphatic heterocycles. The largest absolute Gasteiger partial charge is 0.417 e. The fourth-order valence-corrected chi connectivity index (χ4v) is 4.05. The molecule has 1 fully saturated rings. The maximum absolute atomic E-state index is 14.0. The van der Waals surface area contributed by atoms with Gasteiger partial charge in [0.1, 0.15) is 17.3 Å². The average Bonchev–Trinajstić information content (AvgIpc) is 3.32. The van der Waals surface area contributed by atoms with Crippen LogP contribution in [-0.2, 0) is 6.18 Å². The zero-order chi connectivity index (χ0) is 23.6. The van der Waals surface area contributed by atoms with E-state index in [1.54, 1.807) is 11.0 Å². The highest BCUT2D eigenvalue weighted by Gasteiger charge is 2.34. The monoisotopic (exact) mass is 462 g/mol. The lowest BCUT2D eigenvalue weighted by atomic mass is 9.90. The van der Waals surface area contributed by atoms with Crippen molar-refractivity contribution in [3.05, 3.63) is 59.8 Å². The van der Waals surface area contributed by atoms with Gasteiger partial charge < -0.3 is 10.2 Å². The first kappa shape index (κ1) is 22.7. The first-order chi connectivity index (χ1) is 15.7. The number of carbonyl (C=O) groups excluding carboxylic acids is 1. The highest BCUT2D eigenvalue weighted by molar-refractivity contribution is 5.99. The number of hydrogen-bond donors (Lipinski definition) is 2. The molecule has 3 aromatic heterocycles. The predicted molar refractivity (Wildman–Crippen MR) is 113 cm³/mol. The Balaban J connectivity index is 1.55. The molecule has 1 aliphatic rings. The summed E-state index contributed by atoms with van der Waals surface area (Å²) in [6.07, 6.45) is 0.528. The fraction of sp³-hybridized carbons (Fsp3) is 0.364. The molecule has 0 aliphatic carbocycles. The summed E-state index contributed by atoms with van der Waals surface area (Å²) in [5.41, 5.74) is 0.0760. The van der Waals surface area contributed by atoms with Crippen LogP contribution in [0.25, 0.3) is 11.4 Å². The molecule has 33 heavy (non-hydrogen) atoms. The number of piperidine rings is 1.